The maximum Gasteiger partial charge on any atom is 0.201 e. The fourth-order valence-corrected chi connectivity index (χ4v) is 4.85. The minimum Gasteiger partial charge on any atom is -0.490 e. The fourth-order valence-electron chi connectivity index (χ4n) is 4.85. The van der Waals surface area contributed by atoms with Gasteiger partial charge in [0.2, 0.25) is 5.78 Å². The summed E-state index contributed by atoms with van der Waals surface area (Å²) in [7, 11) is 0. The summed E-state index contributed by atoms with van der Waals surface area (Å²) in [6.45, 7) is 3.19. The molecule has 0 saturated carbocycles. The number of carbonyl (C=O) groups excluding carboxylic acids is 1. The van der Waals surface area contributed by atoms with E-state index in [0.717, 1.165) is 11.4 Å². The molecule has 8 heteroatoms. The lowest BCUT2D eigenvalue weighted by molar-refractivity contribution is 0.00483. The Kier molecular flexibility index (Phi) is 8.00. The Bertz CT molecular complexity index is 1430. The molecule has 6 rings (SSSR count). The molecule has 2 aliphatic rings. The molecule has 0 N–H and O–H groups in total. The van der Waals surface area contributed by atoms with Crippen molar-refractivity contribution in [2.75, 3.05) is 52.9 Å². The van der Waals surface area contributed by atoms with Crippen LogP contribution in [-0.4, -0.2) is 68.9 Å². The molecule has 1 aliphatic heterocycles. The predicted octanol–water partition coefficient (Wildman–Crippen LogP) is 5.01. The number of nitrogens with zero attached hydrogens (tertiary/aromatic N) is 2. The number of ketones is 1. The van der Waals surface area contributed by atoms with Crippen molar-refractivity contribution in [2.24, 2.45) is 4.99 Å². The summed E-state index contributed by atoms with van der Waals surface area (Å²) in [6.07, 6.45) is 4.00. The minimum atomic E-state index is -0.158. The first kappa shape index (κ1) is 26.0. The summed E-state index contributed by atoms with van der Waals surface area (Å²) in [5, 5.41) is 0. The summed E-state index contributed by atoms with van der Waals surface area (Å²) < 4.78 is 31.0. The molecule has 40 heavy (non-hydrogen) atoms. The predicted molar refractivity (Wildman–Crippen MR) is 151 cm³/mol. The van der Waals surface area contributed by atoms with E-state index in [4.69, 9.17) is 28.7 Å². The topological polar surface area (TPSA) is 80.5 Å². The van der Waals surface area contributed by atoms with Crippen LogP contribution in [0.4, 0.5) is 5.69 Å². The van der Waals surface area contributed by atoms with Crippen LogP contribution < -0.4 is 9.47 Å². The first-order chi connectivity index (χ1) is 19.8. The van der Waals surface area contributed by atoms with E-state index in [1.807, 2.05) is 89.8 Å². The van der Waals surface area contributed by atoms with Crippen LogP contribution in [0, 0.1) is 0 Å². The van der Waals surface area contributed by atoms with Crippen LogP contribution in [0.15, 0.2) is 90.2 Å². The third-order valence-corrected chi connectivity index (χ3v) is 6.72. The van der Waals surface area contributed by atoms with Gasteiger partial charge in [0.05, 0.1) is 62.2 Å². The maximum absolute atomic E-state index is 14.1. The monoisotopic (exact) mass is 538 g/mol. The molecular formula is C32H30N2O6. The second kappa shape index (κ2) is 12.3. The Morgan fingerprint density at radius 2 is 1.07 bits per heavy atom. The number of benzene rings is 3. The molecule has 0 amide bonds. The van der Waals surface area contributed by atoms with E-state index in [0.29, 0.717) is 92.3 Å². The molecule has 204 valence electrons. The minimum absolute atomic E-state index is 0.158. The van der Waals surface area contributed by atoms with Crippen molar-refractivity contribution < 1.29 is 28.5 Å². The quantitative estimate of drug-likeness (QED) is 0.314. The van der Waals surface area contributed by atoms with E-state index >= 15 is 0 Å². The van der Waals surface area contributed by atoms with Crippen molar-refractivity contribution in [3.8, 4) is 17.2 Å². The molecule has 4 aromatic rings. The normalized spacial score (nSPS) is 16.3. The Hall–Kier alpha value is -4.24. The van der Waals surface area contributed by atoms with Crippen molar-refractivity contribution in [3.63, 3.8) is 0 Å². The molecule has 0 saturated heterocycles. The number of aliphatic imine (C=N–C) groups is 1. The SMILES string of the molecule is O=C1c2c3cccc2C(=Nc2ccc(-n4cccc4)cc2)c2cccc(c21)OCCOCCOCCOCCO3. The summed E-state index contributed by atoms with van der Waals surface area (Å²) in [5.41, 5.74) is 4.86. The summed E-state index contributed by atoms with van der Waals surface area (Å²) in [6, 6.07) is 23.2. The smallest absolute Gasteiger partial charge is 0.201 e. The Balaban J connectivity index is 1.42. The van der Waals surface area contributed by atoms with Crippen LogP contribution >= 0.6 is 0 Å². The zero-order valence-corrected chi connectivity index (χ0v) is 22.1. The molecule has 0 spiro atoms. The van der Waals surface area contributed by atoms with Crippen LogP contribution in [0.25, 0.3) is 5.69 Å². The Labute approximate surface area is 232 Å². The van der Waals surface area contributed by atoms with E-state index < -0.39 is 0 Å². The molecule has 0 unspecified atom stereocenters. The molecule has 0 fully saturated rings. The van der Waals surface area contributed by atoms with Crippen molar-refractivity contribution in [1.82, 2.24) is 4.57 Å². The molecular weight excluding hydrogens is 508 g/mol. The van der Waals surface area contributed by atoms with Crippen LogP contribution in [0.1, 0.15) is 27.0 Å². The van der Waals surface area contributed by atoms with E-state index in [9.17, 15) is 4.79 Å². The third kappa shape index (κ3) is 5.56. The van der Waals surface area contributed by atoms with Crippen LogP contribution in [-0.2, 0) is 14.2 Å². The van der Waals surface area contributed by atoms with E-state index in [1.54, 1.807) is 0 Å². The van der Waals surface area contributed by atoms with Crippen LogP contribution in [0.5, 0.6) is 11.5 Å². The molecule has 1 aromatic heterocycles. The highest BCUT2D eigenvalue weighted by Crippen LogP contribution is 2.38. The summed E-state index contributed by atoms with van der Waals surface area (Å²) >= 11 is 0. The molecule has 0 atom stereocenters. The van der Waals surface area contributed by atoms with Gasteiger partial charge in [-0.25, -0.2) is 4.99 Å². The summed E-state index contributed by atoms with van der Waals surface area (Å²) in [4.78, 5) is 19.1. The largest absolute Gasteiger partial charge is 0.490 e. The van der Waals surface area contributed by atoms with Gasteiger partial charge in [-0.1, -0.05) is 24.3 Å². The van der Waals surface area contributed by atoms with Gasteiger partial charge in [0.25, 0.3) is 0 Å². The zero-order chi connectivity index (χ0) is 27.1. The van der Waals surface area contributed by atoms with Gasteiger partial charge in [0.1, 0.15) is 24.7 Å². The van der Waals surface area contributed by atoms with Gasteiger partial charge < -0.3 is 28.3 Å². The number of ether oxygens (including phenoxy) is 5. The lowest BCUT2D eigenvalue weighted by atomic mass is 9.82. The Morgan fingerprint density at radius 3 is 1.60 bits per heavy atom. The van der Waals surface area contributed by atoms with Gasteiger partial charge in [-0.3, -0.25) is 4.79 Å². The maximum atomic E-state index is 14.1. The number of aromatic nitrogens is 1. The first-order valence-corrected chi connectivity index (χ1v) is 13.4. The zero-order valence-electron chi connectivity index (χ0n) is 22.1. The van der Waals surface area contributed by atoms with Crippen molar-refractivity contribution >= 4 is 17.2 Å². The average molecular weight is 539 g/mol. The molecule has 0 radical (unpaired) electrons. The van der Waals surface area contributed by atoms with E-state index in [2.05, 4.69) is 0 Å². The van der Waals surface area contributed by atoms with Crippen molar-refractivity contribution in [1.29, 1.82) is 0 Å². The highest BCUT2D eigenvalue weighted by atomic mass is 16.6. The molecule has 1 aliphatic carbocycles. The van der Waals surface area contributed by atoms with Gasteiger partial charge in [0.15, 0.2) is 0 Å². The fraction of sp³-hybridized carbons (Fsp3) is 0.250. The van der Waals surface area contributed by atoms with E-state index in [1.165, 1.54) is 0 Å². The van der Waals surface area contributed by atoms with Gasteiger partial charge in [-0.15, -0.1) is 0 Å². The van der Waals surface area contributed by atoms with Crippen molar-refractivity contribution in [2.45, 2.75) is 0 Å². The number of carbonyl (C=O) groups is 1. The third-order valence-electron chi connectivity index (χ3n) is 6.72. The first-order valence-electron chi connectivity index (χ1n) is 13.4. The Morgan fingerprint density at radius 1 is 0.575 bits per heavy atom. The number of rotatable bonds is 2. The second-order valence-electron chi connectivity index (χ2n) is 9.29. The summed E-state index contributed by atoms with van der Waals surface area (Å²) in [5.74, 6) is 0.820. The molecule has 2 heterocycles. The van der Waals surface area contributed by atoms with Crippen LogP contribution in [0.3, 0.4) is 0 Å². The lowest BCUT2D eigenvalue weighted by Crippen LogP contribution is -2.24. The molecule has 3 aromatic carbocycles. The number of hydrogen-bond acceptors (Lipinski definition) is 7. The molecule has 8 nitrogen and oxygen atoms in total. The van der Waals surface area contributed by atoms with E-state index in [-0.39, 0.29) is 5.78 Å². The highest BCUT2D eigenvalue weighted by Gasteiger charge is 2.33. The van der Waals surface area contributed by atoms with Crippen LogP contribution in [0.2, 0.25) is 0 Å². The highest BCUT2D eigenvalue weighted by molar-refractivity contribution is 6.32. The van der Waals surface area contributed by atoms with Gasteiger partial charge in [-0.05, 0) is 48.5 Å². The number of hydrogen-bond donors (Lipinski definition) is 0. The van der Waals surface area contributed by atoms with Crippen molar-refractivity contribution in [3.05, 3.63) is 107 Å². The second-order valence-corrected chi connectivity index (χ2v) is 9.29. The lowest BCUT2D eigenvalue weighted by Gasteiger charge is -2.25. The molecule has 2 bridgehead atoms. The standard InChI is InChI=1S/C32H30N2O6/c35-32-29-25-5-3-7-27(29)39-21-19-37-17-15-36-16-18-38-20-22-40-28-8-4-6-26(30(28)32)31(25)33-23-9-11-24(12-10-23)34-13-1-2-14-34/h1-14H,15-22H2. The average Bonchev–Trinajstić information content (AvgIpc) is 3.52. The van der Waals surface area contributed by atoms with Gasteiger partial charge in [0, 0.05) is 29.2 Å². The van der Waals surface area contributed by atoms with Gasteiger partial charge in [-0.2, -0.15) is 0 Å². The van der Waals surface area contributed by atoms with Gasteiger partial charge >= 0.3 is 0 Å².